The Morgan fingerprint density at radius 3 is 1.21 bits per heavy atom. The van der Waals surface area contributed by atoms with Crippen molar-refractivity contribution in [2.45, 2.75) is 81.7 Å². The third kappa shape index (κ3) is 14.0. The van der Waals surface area contributed by atoms with Crippen molar-refractivity contribution in [3.8, 4) is 0 Å². The first-order chi connectivity index (χ1) is 35.9. The largest absolute Gasteiger partial charge is 0.453 e. The van der Waals surface area contributed by atoms with E-state index in [1.54, 1.807) is 91.0 Å². The fourth-order valence-electron chi connectivity index (χ4n) is 8.54. The van der Waals surface area contributed by atoms with Gasteiger partial charge >= 0.3 is 17.9 Å². The van der Waals surface area contributed by atoms with Gasteiger partial charge in [0, 0.05) is 0 Å². The maximum atomic E-state index is 14.4. The van der Waals surface area contributed by atoms with Crippen molar-refractivity contribution in [3.05, 3.63) is 251 Å². The predicted octanol–water partition coefficient (Wildman–Crippen LogP) is 9.73. The molecule has 0 aliphatic carbocycles. The van der Waals surface area contributed by atoms with E-state index in [1.165, 1.54) is 0 Å². The molecule has 0 spiro atoms. The summed E-state index contributed by atoms with van der Waals surface area (Å²) in [5, 5.41) is 0. The molecule has 0 aromatic heterocycles. The Labute approximate surface area is 424 Å². The Morgan fingerprint density at radius 2 is 0.753 bits per heavy atom. The first kappa shape index (κ1) is 50.6. The fourth-order valence-corrected chi connectivity index (χ4v) is 8.54. The van der Waals surface area contributed by atoms with Crippen LogP contribution in [0.3, 0.4) is 0 Å². The molecule has 0 saturated carbocycles. The summed E-state index contributed by atoms with van der Waals surface area (Å²) in [6, 6.07) is 63.7. The molecule has 13 nitrogen and oxygen atoms in total. The summed E-state index contributed by atoms with van der Waals surface area (Å²) in [6.07, 6.45) is -11.2. The SMILES string of the molecule is O=C(O[C@H]1[C@H](O[C@@H]2[C@@H](OC(=O)c3ccccc3)[C@@H](OCc3ccccc3)OC[C@H]2OC(=O)c2ccccc2)O[C@H](COCc2ccccc2)[C@@H](OCc2ccccc2)[C@@H]1OCc1ccccc1)c1ccccc1. The molecule has 73 heavy (non-hydrogen) atoms. The molecule has 0 unspecified atom stereocenters. The molecule has 2 aliphatic rings. The maximum Gasteiger partial charge on any atom is 0.338 e. The number of carbonyl (C=O) groups is 3. The van der Waals surface area contributed by atoms with Crippen LogP contribution in [0.1, 0.15) is 53.3 Å². The Kier molecular flexibility index (Phi) is 17.9. The number of carbonyl (C=O) groups excluding carboxylic acids is 3. The molecule has 7 aromatic rings. The van der Waals surface area contributed by atoms with Crippen molar-refractivity contribution in [2.24, 2.45) is 0 Å². The summed E-state index contributed by atoms with van der Waals surface area (Å²) in [5.41, 5.74) is 4.20. The van der Waals surface area contributed by atoms with Crippen LogP contribution in [0.5, 0.6) is 0 Å². The number of rotatable bonds is 21. The Bertz CT molecular complexity index is 2750. The van der Waals surface area contributed by atoms with Crippen molar-refractivity contribution in [2.75, 3.05) is 13.2 Å². The van der Waals surface area contributed by atoms with Crippen molar-refractivity contribution < 1.29 is 61.8 Å². The lowest BCUT2D eigenvalue weighted by molar-refractivity contribution is -0.355. The van der Waals surface area contributed by atoms with Crippen LogP contribution in [0.15, 0.2) is 212 Å². The summed E-state index contributed by atoms with van der Waals surface area (Å²) in [7, 11) is 0. The van der Waals surface area contributed by atoms with Crippen LogP contribution < -0.4 is 0 Å². The summed E-state index contributed by atoms with van der Waals surface area (Å²) in [4.78, 5) is 42.7. The number of esters is 3. The molecule has 2 saturated heterocycles. The van der Waals surface area contributed by atoms with Crippen LogP contribution in [0, 0.1) is 0 Å². The van der Waals surface area contributed by atoms with Crippen LogP contribution in [-0.4, -0.2) is 86.4 Å². The zero-order valence-electron chi connectivity index (χ0n) is 40.0. The zero-order valence-corrected chi connectivity index (χ0v) is 40.0. The first-order valence-corrected chi connectivity index (χ1v) is 24.2. The van der Waals surface area contributed by atoms with Gasteiger partial charge in [0.05, 0.1) is 56.3 Å². The summed E-state index contributed by atoms with van der Waals surface area (Å²) < 4.78 is 66.2. The monoisotopic (exact) mass is 984 g/mol. The predicted molar refractivity (Wildman–Crippen MR) is 268 cm³/mol. The van der Waals surface area contributed by atoms with E-state index in [4.69, 9.17) is 47.4 Å². The van der Waals surface area contributed by atoms with E-state index in [1.807, 2.05) is 121 Å². The van der Waals surface area contributed by atoms with Crippen molar-refractivity contribution in [1.29, 1.82) is 0 Å². The minimum Gasteiger partial charge on any atom is -0.453 e. The van der Waals surface area contributed by atoms with E-state index in [9.17, 15) is 14.4 Å². The van der Waals surface area contributed by atoms with E-state index in [-0.39, 0.29) is 56.3 Å². The van der Waals surface area contributed by atoms with Gasteiger partial charge in [-0.15, -0.1) is 0 Å². The average molecular weight is 985 g/mol. The van der Waals surface area contributed by atoms with Gasteiger partial charge in [-0.2, -0.15) is 0 Å². The number of hydrogen-bond donors (Lipinski definition) is 0. The van der Waals surface area contributed by atoms with Gasteiger partial charge in [0.1, 0.15) is 24.4 Å². The summed E-state index contributed by atoms with van der Waals surface area (Å²) in [5.74, 6) is -2.12. The second-order valence-electron chi connectivity index (χ2n) is 17.4. The van der Waals surface area contributed by atoms with Crippen molar-refractivity contribution >= 4 is 17.9 Å². The van der Waals surface area contributed by atoms with Crippen molar-refractivity contribution in [3.63, 3.8) is 0 Å². The molecule has 7 aromatic carbocycles. The smallest absolute Gasteiger partial charge is 0.338 e. The van der Waals surface area contributed by atoms with Crippen LogP contribution in [-0.2, 0) is 73.8 Å². The third-order valence-corrected chi connectivity index (χ3v) is 12.3. The van der Waals surface area contributed by atoms with Gasteiger partial charge in [0.2, 0.25) is 0 Å². The van der Waals surface area contributed by atoms with E-state index in [2.05, 4.69) is 0 Å². The number of ether oxygens (including phenoxy) is 10. The van der Waals surface area contributed by atoms with Gasteiger partial charge in [-0.1, -0.05) is 176 Å². The lowest BCUT2D eigenvalue weighted by Gasteiger charge is -2.48. The van der Waals surface area contributed by atoms with Crippen molar-refractivity contribution in [1.82, 2.24) is 0 Å². The lowest BCUT2D eigenvalue weighted by Crippen LogP contribution is -2.65. The van der Waals surface area contributed by atoms with E-state index in [0.717, 1.165) is 22.3 Å². The highest BCUT2D eigenvalue weighted by molar-refractivity contribution is 5.90. The van der Waals surface area contributed by atoms with Crippen LogP contribution in [0.25, 0.3) is 0 Å². The highest BCUT2D eigenvalue weighted by Gasteiger charge is 2.55. The van der Waals surface area contributed by atoms with E-state index < -0.39 is 73.2 Å². The fraction of sp³-hybridized carbons (Fsp3) is 0.250. The van der Waals surface area contributed by atoms with Gasteiger partial charge in [-0.3, -0.25) is 0 Å². The molecule has 13 heteroatoms. The third-order valence-electron chi connectivity index (χ3n) is 12.3. The van der Waals surface area contributed by atoms with Gasteiger partial charge in [-0.25, -0.2) is 14.4 Å². The van der Waals surface area contributed by atoms with Gasteiger partial charge in [0.25, 0.3) is 0 Å². The standard InChI is InChI=1S/C60H56O13/c61-56(46-30-16-5-17-31-46)69-50-41-68-59(67-39-45-28-14-4-15-29-45)54(71-57(62)47-32-18-6-19-33-47)52(50)73-60-55(72-58(63)48-34-20-7-21-35-48)53(66-38-44-26-12-3-13-27-44)51(65-37-43-24-10-2-11-25-43)49(70-60)40-64-36-42-22-8-1-9-23-42/h1-35,49-55,59-60H,36-41H2/t49-,50-,51-,52+,53+,54-,55-,59+,60+/m1/s1. The first-order valence-electron chi connectivity index (χ1n) is 24.2. The van der Waals surface area contributed by atoms with E-state index in [0.29, 0.717) is 0 Å². The highest BCUT2D eigenvalue weighted by atomic mass is 16.8. The molecule has 0 bridgehead atoms. The maximum absolute atomic E-state index is 14.4. The van der Waals surface area contributed by atoms with Crippen LogP contribution >= 0.6 is 0 Å². The lowest BCUT2D eigenvalue weighted by atomic mass is 9.97. The number of hydrogen-bond acceptors (Lipinski definition) is 13. The molecule has 9 atom stereocenters. The summed E-state index contributed by atoms with van der Waals surface area (Å²) in [6.45, 7) is 0.198. The quantitative estimate of drug-likeness (QED) is 0.0499. The molecule has 0 N–H and O–H groups in total. The molecular weight excluding hydrogens is 929 g/mol. The summed E-state index contributed by atoms with van der Waals surface area (Å²) >= 11 is 0. The van der Waals surface area contributed by atoms with E-state index >= 15 is 0 Å². The Morgan fingerprint density at radius 1 is 0.384 bits per heavy atom. The molecule has 374 valence electrons. The van der Waals surface area contributed by atoms with Gasteiger partial charge < -0.3 is 47.4 Å². The second-order valence-corrected chi connectivity index (χ2v) is 17.4. The minimum absolute atomic E-state index is 0.0335. The van der Waals surface area contributed by atoms with Gasteiger partial charge in [-0.05, 0) is 58.7 Å². The molecule has 0 amide bonds. The Balaban J connectivity index is 1.13. The molecular formula is C60H56O13. The normalized spacial score (nSPS) is 22.7. The Hall–Kier alpha value is -7.33. The molecule has 2 fully saturated rings. The minimum atomic E-state index is -1.52. The molecule has 2 heterocycles. The molecule has 2 aliphatic heterocycles. The number of benzene rings is 7. The molecule has 9 rings (SSSR count). The average Bonchev–Trinajstić information content (AvgIpc) is 3.45. The second kappa shape index (κ2) is 25.9. The molecule has 0 radical (unpaired) electrons. The van der Waals surface area contributed by atoms with Crippen LogP contribution in [0.4, 0.5) is 0 Å². The van der Waals surface area contributed by atoms with Crippen LogP contribution in [0.2, 0.25) is 0 Å². The zero-order chi connectivity index (χ0) is 50.0. The van der Waals surface area contributed by atoms with Gasteiger partial charge in [0.15, 0.2) is 30.9 Å². The topological polar surface area (TPSA) is 144 Å². The highest BCUT2D eigenvalue weighted by Crippen LogP contribution is 2.36.